The van der Waals surface area contributed by atoms with E-state index in [-0.39, 0.29) is 0 Å². The molecule has 0 saturated carbocycles. The zero-order valence-electron chi connectivity index (χ0n) is 11.6. The van der Waals surface area contributed by atoms with E-state index in [9.17, 15) is 4.79 Å². The minimum absolute atomic E-state index is 0.301. The highest BCUT2D eigenvalue weighted by Crippen LogP contribution is 2.21. The van der Waals surface area contributed by atoms with Crippen molar-refractivity contribution in [2.45, 2.75) is 52.0 Å². The summed E-state index contributed by atoms with van der Waals surface area (Å²) in [5.41, 5.74) is 1.16. The third-order valence-corrected chi connectivity index (χ3v) is 3.51. The fourth-order valence-electron chi connectivity index (χ4n) is 2.03. The molecule has 0 bridgehead atoms. The van der Waals surface area contributed by atoms with Crippen LogP contribution in [0, 0.1) is 0 Å². The SMILES string of the molecule is CCCCCCC(C)Nc1cc(Br)cc(C(=O)O)c1. The number of nitrogens with one attached hydrogen (secondary N) is 1. The molecule has 0 aromatic heterocycles. The summed E-state index contributed by atoms with van der Waals surface area (Å²) in [6.45, 7) is 4.34. The van der Waals surface area contributed by atoms with Crippen LogP contribution in [0.25, 0.3) is 0 Å². The maximum absolute atomic E-state index is 11.0. The monoisotopic (exact) mass is 327 g/mol. The van der Waals surface area contributed by atoms with Gasteiger partial charge in [-0.2, -0.15) is 0 Å². The van der Waals surface area contributed by atoms with Gasteiger partial charge in [-0.25, -0.2) is 4.79 Å². The van der Waals surface area contributed by atoms with Crippen molar-refractivity contribution in [3.8, 4) is 0 Å². The second-order valence-corrected chi connectivity index (χ2v) is 5.84. The number of halogens is 1. The molecule has 0 amide bonds. The predicted molar refractivity (Wildman–Crippen MR) is 82.9 cm³/mol. The van der Waals surface area contributed by atoms with E-state index in [4.69, 9.17) is 5.11 Å². The Labute approximate surface area is 123 Å². The molecule has 0 aliphatic rings. The van der Waals surface area contributed by atoms with Crippen LogP contribution in [0.1, 0.15) is 56.3 Å². The summed E-state index contributed by atoms with van der Waals surface area (Å²) >= 11 is 3.34. The van der Waals surface area contributed by atoms with Gasteiger partial charge in [-0.1, -0.05) is 48.5 Å². The van der Waals surface area contributed by atoms with Gasteiger partial charge < -0.3 is 10.4 Å². The van der Waals surface area contributed by atoms with E-state index in [2.05, 4.69) is 35.1 Å². The number of hydrogen-bond donors (Lipinski definition) is 2. The summed E-state index contributed by atoms with van der Waals surface area (Å²) in [7, 11) is 0. The molecule has 1 rings (SSSR count). The van der Waals surface area contributed by atoms with Gasteiger partial charge in [0, 0.05) is 16.2 Å². The highest BCUT2D eigenvalue weighted by molar-refractivity contribution is 9.10. The molecule has 0 aliphatic heterocycles. The van der Waals surface area contributed by atoms with Gasteiger partial charge in [0.25, 0.3) is 0 Å². The van der Waals surface area contributed by atoms with Gasteiger partial charge in [0.1, 0.15) is 0 Å². The van der Waals surface area contributed by atoms with Crippen LogP contribution >= 0.6 is 15.9 Å². The number of carboxylic acids is 1. The van der Waals surface area contributed by atoms with Gasteiger partial charge in [0.2, 0.25) is 0 Å². The molecule has 0 heterocycles. The summed E-state index contributed by atoms with van der Waals surface area (Å²) in [6.07, 6.45) is 6.11. The van der Waals surface area contributed by atoms with Gasteiger partial charge in [-0.3, -0.25) is 0 Å². The van der Waals surface area contributed by atoms with Crippen molar-refractivity contribution in [2.24, 2.45) is 0 Å². The van der Waals surface area contributed by atoms with Crippen LogP contribution in [-0.4, -0.2) is 17.1 Å². The Balaban J connectivity index is 2.53. The third-order valence-electron chi connectivity index (χ3n) is 3.05. The van der Waals surface area contributed by atoms with Crippen LogP contribution in [0.15, 0.2) is 22.7 Å². The highest BCUT2D eigenvalue weighted by atomic mass is 79.9. The van der Waals surface area contributed by atoms with Crippen LogP contribution in [0.3, 0.4) is 0 Å². The molecule has 4 heteroatoms. The number of aromatic carboxylic acids is 1. The lowest BCUT2D eigenvalue weighted by atomic mass is 10.1. The molecule has 1 unspecified atom stereocenters. The van der Waals surface area contributed by atoms with Gasteiger partial charge in [0.15, 0.2) is 0 Å². The molecular formula is C15H22BrNO2. The van der Waals surface area contributed by atoms with Crippen LogP contribution in [-0.2, 0) is 0 Å². The van der Waals surface area contributed by atoms with E-state index in [1.165, 1.54) is 25.7 Å². The zero-order chi connectivity index (χ0) is 14.3. The van der Waals surface area contributed by atoms with E-state index < -0.39 is 5.97 Å². The van der Waals surface area contributed by atoms with E-state index >= 15 is 0 Å². The molecule has 0 aliphatic carbocycles. The third kappa shape index (κ3) is 6.10. The Morgan fingerprint density at radius 3 is 2.68 bits per heavy atom. The lowest BCUT2D eigenvalue weighted by Crippen LogP contribution is -2.15. The first kappa shape index (κ1) is 16.0. The molecule has 3 nitrogen and oxygen atoms in total. The van der Waals surface area contributed by atoms with Crippen molar-refractivity contribution in [1.29, 1.82) is 0 Å². The summed E-state index contributed by atoms with van der Waals surface area (Å²) in [6, 6.07) is 5.55. The summed E-state index contributed by atoms with van der Waals surface area (Å²) in [5, 5.41) is 12.4. The molecule has 1 atom stereocenters. The fourth-order valence-corrected chi connectivity index (χ4v) is 2.52. The Hall–Kier alpha value is -1.03. The van der Waals surface area contributed by atoms with Crippen LogP contribution in [0.5, 0.6) is 0 Å². The maximum Gasteiger partial charge on any atom is 0.335 e. The minimum Gasteiger partial charge on any atom is -0.478 e. The molecule has 1 aromatic carbocycles. The number of carbonyl (C=O) groups is 1. The number of benzene rings is 1. The molecule has 1 aromatic rings. The molecule has 0 radical (unpaired) electrons. The molecule has 19 heavy (non-hydrogen) atoms. The Kier molecular flexibility index (Phi) is 6.92. The number of anilines is 1. The van der Waals surface area contributed by atoms with Crippen LogP contribution < -0.4 is 5.32 Å². The zero-order valence-corrected chi connectivity index (χ0v) is 13.2. The molecule has 0 fully saturated rings. The number of rotatable bonds is 8. The van der Waals surface area contributed by atoms with E-state index in [0.717, 1.165) is 16.6 Å². The van der Waals surface area contributed by atoms with Crippen molar-refractivity contribution in [3.05, 3.63) is 28.2 Å². The number of unbranched alkanes of at least 4 members (excludes halogenated alkanes) is 3. The first-order chi connectivity index (χ1) is 9.02. The number of carboxylic acid groups (broad SMARTS) is 1. The summed E-state index contributed by atoms with van der Waals surface area (Å²) in [5.74, 6) is -0.903. The Morgan fingerprint density at radius 2 is 2.05 bits per heavy atom. The van der Waals surface area contributed by atoms with Gasteiger partial charge in [-0.05, 0) is 31.5 Å². The topological polar surface area (TPSA) is 49.3 Å². The molecule has 2 N–H and O–H groups in total. The number of hydrogen-bond acceptors (Lipinski definition) is 2. The standard InChI is InChI=1S/C15H22BrNO2/c1-3-4-5-6-7-11(2)17-14-9-12(15(18)19)8-13(16)10-14/h8-11,17H,3-7H2,1-2H3,(H,18,19). The normalized spacial score (nSPS) is 12.2. The van der Waals surface area contributed by atoms with Gasteiger partial charge in [0.05, 0.1) is 5.56 Å². The largest absolute Gasteiger partial charge is 0.478 e. The predicted octanol–water partition coefficient (Wildman–Crippen LogP) is 4.92. The Bertz CT molecular complexity index is 421. The van der Waals surface area contributed by atoms with Gasteiger partial charge in [-0.15, -0.1) is 0 Å². The van der Waals surface area contributed by atoms with Gasteiger partial charge >= 0.3 is 5.97 Å². The van der Waals surface area contributed by atoms with Crippen LogP contribution in [0.4, 0.5) is 5.69 Å². The van der Waals surface area contributed by atoms with E-state index in [0.29, 0.717) is 11.6 Å². The first-order valence-electron chi connectivity index (χ1n) is 6.83. The lowest BCUT2D eigenvalue weighted by Gasteiger charge is -2.16. The van der Waals surface area contributed by atoms with Crippen LogP contribution in [0.2, 0.25) is 0 Å². The van der Waals surface area contributed by atoms with E-state index in [1.807, 2.05) is 6.07 Å². The quantitative estimate of drug-likeness (QED) is 0.666. The molecule has 0 saturated heterocycles. The molecule has 0 spiro atoms. The van der Waals surface area contributed by atoms with Crippen molar-refractivity contribution >= 4 is 27.6 Å². The summed E-state index contributed by atoms with van der Waals surface area (Å²) in [4.78, 5) is 11.0. The minimum atomic E-state index is -0.903. The van der Waals surface area contributed by atoms with E-state index in [1.54, 1.807) is 12.1 Å². The maximum atomic E-state index is 11.0. The van der Waals surface area contributed by atoms with Crippen molar-refractivity contribution in [1.82, 2.24) is 0 Å². The molecule has 106 valence electrons. The smallest absolute Gasteiger partial charge is 0.335 e. The molecular weight excluding hydrogens is 306 g/mol. The second-order valence-electron chi connectivity index (χ2n) is 4.93. The second kappa shape index (κ2) is 8.20. The van der Waals surface area contributed by atoms with Crippen molar-refractivity contribution < 1.29 is 9.90 Å². The van der Waals surface area contributed by atoms with Crippen molar-refractivity contribution in [2.75, 3.05) is 5.32 Å². The summed E-state index contributed by atoms with van der Waals surface area (Å²) < 4.78 is 0.785. The van der Waals surface area contributed by atoms with Crippen molar-refractivity contribution in [3.63, 3.8) is 0 Å². The first-order valence-corrected chi connectivity index (χ1v) is 7.62. The average molecular weight is 328 g/mol. The highest BCUT2D eigenvalue weighted by Gasteiger charge is 2.08. The average Bonchev–Trinajstić information content (AvgIpc) is 2.34. The lowest BCUT2D eigenvalue weighted by molar-refractivity contribution is 0.0697. The fraction of sp³-hybridized carbons (Fsp3) is 0.533. The Morgan fingerprint density at radius 1 is 1.32 bits per heavy atom.